The molecule has 2 aliphatic carbocycles. The molecule has 1 atom stereocenters. The van der Waals surface area contributed by atoms with E-state index in [0.29, 0.717) is 5.92 Å². The van der Waals surface area contributed by atoms with Crippen molar-refractivity contribution in [2.24, 2.45) is 0 Å². The Kier molecular flexibility index (Phi) is 2.97. The number of allylic oxidation sites excluding steroid dienone is 5. The SMILES string of the molecule is CC1=CC(c2cccs2)=C([C@H]2C(C)=Cc3ccccc32)C1. The van der Waals surface area contributed by atoms with Crippen molar-refractivity contribution < 1.29 is 0 Å². The monoisotopic (exact) mass is 290 g/mol. The molecule has 104 valence electrons. The second-order valence-corrected chi connectivity index (χ2v) is 6.98. The Morgan fingerprint density at radius 1 is 1.00 bits per heavy atom. The van der Waals surface area contributed by atoms with Crippen molar-refractivity contribution in [3.8, 4) is 0 Å². The van der Waals surface area contributed by atoms with E-state index in [4.69, 9.17) is 0 Å². The molecule has 0 aliphatic heterocycles. The summed E-state index contributed by atoms with van der Waals surface area (Å²) < 4.78 is 0. The zero-order valence-corrected chi connectivity index (χ0v) is 13.2. The van der Waals surface area contributed by atoms with Crippen molar-refractivity contribution in [2.75, 3.05) is 0 Å². The van der Waals surface area contributed by atoms with Crippen LogP contribution in [0.3, 0.4) is 0 Å². The molecule has 0 saturated carbocycles. The maximum absolute atomic E-state index is 2.38. The van der Waals surface area contributed by atoms with E-state index in [1.165, 1.54) is 32.7 Å². The first-order chi connectivity index (χ1) is 10.2. The normalized spacial score (nSPS) is 20.6. The Bertz CT molecular complexity index is 785. The molecular formula is C20H18S. The smallest absolute Gasteiger partial charge is 0.0342 e. The zero-order valence-electron chi connectivity index (χ0n) is 12.4. The molecule has 1 aromatic heterocycles. The topological polar surface area (TPSA) is 0 Å². The molecule has 0 fully saturated rings. The highest BCUT2D eigenvalue weighted by Crippen LogP contribution is 2.48. The molecule has 1 aromatic carbocycles. The van der Waals surface area contributed by atoms with Gasteiger partial charge in [0.15, 0.2) is 0 Å². The summed E-state index contributed by atoms with van der Waals surface area (Å²) in [5.41, 5.74) is 8.85. The molecule has 0 nitrogen and oxygen atoms in total. The lowest BCUT2D eigenvalue weighted by atomic mass is 9.85. The summed E-state index contributed by atoms with van der Waals surface area (Å²) in [5, 5.41) is 2.17. The molecule has 0 saturated heterocycles. The van der Waals surface area contributed by atoms with Gasteiger partial charge < -0.3 is 0 Å². The quantitative estimate of drug-likeness (QED) is 0.631. The first-order valence-electron chi connectivity index (χ1n) is 7.45. The standard InChI is InChI=1S/C20H18S/c1-13-10-17(19-8-5-9-21-19)18(11-13)20-14(2)12-15-6-3-4-7-16(15)20/h3-10,12,20H,11H2,1-2H3/t20-/m0/s1. The molecule has 0 unspecified atom stereocenters. The minimum Gasteiger partial charge on any atom is -0.144 e. The average molecular weight is 290 g/mol. The van der Waals surface area contributed by atoms with E-state index in [1.807, 2.05) is 11.3 Å². The summed E-state index contributed by atoms with van der Waals surface area (Å²) in [7, 11) is 0. The molecule has 21 heavy (non-hydrogen) atoms. The van der Waals surface area contributed by atoms with Crippen molar-refractivity contribution in [3.63, 3.8) is 0 Å². The van der Waals surface area contributed by atoms with Crippen LogP contribution in [0.4, 0.5) is 0 Å². The number of rotatable bonds is 2. The molecule has 4 rings (SSSR count). The third-order valence-electron chi connectivity index (χ3n) is 4.49. The summed E-state index contributed by atoms with van der Waals surface area (Å²) in [6, 6.07) is 13.2. The fourth-order valence-electron chi connectivity index (χ4n) is 3.65. The van der Waals surface area contributed by atoms with Crippen LogP contribution in [0.25, 0.3) is 11.6 Å². The molecule has 1 heteroatoms. The van der Waals surface area contributed by atoms with Gasteiger partial charge >= 0.3 is 0 Å². The highest BCUT2D eigenvalue weighted by molar-refractivity contribution is 7.11. The third-order valence-corrected chi connectivity index (χ3v) is 5.39. The van der Waals surface area contributed by atoms with Gasteiger partial charge in [-0.05, 0) is 54.0 Å². The van der Waals surface area contributed by atoms with Crippen LogP contribution in [0.2, 0.25) is 0 Å². The molecule has 2 aromatic rings. The summed E-state index contributed by atoms with van der Waals surface area (Å²) >= 11 is 1.85. The van der Waals surface area contributed by atoms with Crippen molar-refractivity contribution in [1.29, 1.82) is 0 Å². The first-order valence-corrected chi connectivity index (χ1v) is 8.33. The molecular weight excluding hydrogens is 272 g/mol. The number of hydrogen-bond acceptors (Lipinski definition) is 1. The maximum atomic E-state index is 2.38. The van der Waals surface area contributed by atoms with Gasteiger partial charge in [0.1, 0.15) is 0 Å². The highest BCUT2D eigenvalue weighted by Gasteiger charge is 2.30. The van der Waals surface area contributed by atoms with Gasteiger partial charge in [-0.3, -0.25) is 0 Å². The minimum atomic E-state index is 0.465. The minimum absolute atomic E-state index is 0.465. The van der Waals surface area contributed by atoms with Gasteiger partial charge in [-0.2, -0.15) is 0 Å². The number of thiophene rings is 1. The molecule has 0 radical (unpaired) electrons. The fourth-order valence-corrected chi connectivity index (χ4v) is 4.42. The Morgan fingerprint density at radius 3 is 2.67 bits per heavy atom. The van der Waals surface area contributed by atoms with Crippen molar-refractivity contribution in [3.05, 3.63) is 80.6 Å². The Hall–Kier alpha value is -1.86. The van der Waals surface area contributed by atoms with E-state index in [0.717, 1.165) is 6.42 Å². The lowest BCUT2D eigenvalue weighted by molar-refractivity contribution is 0.906. The van der Waals surface area contributed by atoms with Crippen molar-refractivity contribution in [2.45, 2.75) is 26.2 Å². The van der Waals surface area contributed by atoms with Crippen LogP contribution in [0, 0.1) is 0 Å². The van der Waals surface area contributed by atoms with E-state index in [-0.39, 0.29) is 0 Å². The number of fused-ring (bicyclic) bond motifs is 1. The van der Waals surface area contributed by atoms with Gasteiger partial charge in [-0.1, -0.05) is 53.6 Å². The highest BCUT2D eigenvalue weighted by atomic mass is 32.1. The first kappa shape index (κ1) is 12.8. The zero-order chi connectivity index (χ0) is 14.4. The van der Waals surface area contributed by atoms with Crippen LogP contribution in [0.5, 0.6) is 0 Å². The number of benzene rings is 1. The van der Waals surface area contributed by atoms with E-state index in [1.54, 1.807) is 5.57 Å². The van der Waals surface area contributed by atoms with Gasteiger partial charge in [0, 0.05) is 10.8 Å². The number of hydrogen-bond donors (Lipinski definition) is 0. The molecule has 0 N–H and O–H groups in total. The predicted octanol–water partition coefficient (Wildman–Crippen LogP) is 6.05. The van der Waals surface area contributed by atoms with Crippen LogP contribution in [0.15, 0.2) is 64.6 Å². The summed E-state index contributed by atoms with van der Waals surface area (Å²) in [5.74, 6) is 0.465. The van der Waals surface area contributed by atoms with E-state index < -0.39 is 0 Å². The Morgan fingerprint density at radius 2 is 1.86 bits per heavy atom. The van der Waals surface area contributed by atoms with E-state index >= 15 is 0 Å². The summed E-state index contributed by atoms with van der Waals surface area (Å²) in [4.78, 5) is 1.40. The van der Waals surface area contributed by atoms with E-state index in [9.17, 15) is 0 Å². The largest absolute Gasteiger partial charge is 0.144 e. The molecule has 0 spiro atoms. The average Bonchev–Trinajstić information content (AvgIpc) is 3.15. The molecule has 1 heterocycles. The Balaban J connectivity index is 1.87. The van der Waals surface area contributed by atoms with Crippen LogP contribution < -0.4 is 0 Å². The maximum Gasteiger partial charge on any atom is 0.0342 e. The third kappa shape index (κ3) is 2.04. The summed E-state index contributed by atoms with van der Waals surface area (Å²) in [6.45, 7) is 4.53. The van der Waals surface area contributed by atoms with Crippen molar-refractivity contribution in [1.82, 2.24) is 0 Å². The van der Waals surface area contributed by atoms with E-state index in [2.05, 4.69) is 67.8 Å². The fraction of sp³-hybridized carbons (Fsp3) is 0.200. The van der Waals surface area contributed by atoms with Crippen LogP contribution in [-0.2, 0) is 0 Å². The lowest BCUT2D eigenvalue weighted by Gasteiger charge is -2.19. The molecule has 2 aliphatic rings. The van der Waals surface area contributed by atoms with Crippen LogP contribution in [0.1, 0.15) is 42.2 Å². The molecule has 0 amide bonds. The van der Waals surface area contributed by atoms with Gasteiger partial charge in [-0.15, -0.1) is 11.3 Å². The summed E-state index contributed by atoms with van der Waals surface area (Å²) in [6.07, 6.45) is 5.85. The predicted molar refractivity (Wildman–Crippen MR) is 92.4 cm³/mol. The lowest BCUT2D eigenvalue weighted by Crippen LogP contribution is -2.02. The molecule has 0 bridgehead atoms. The van der Waals surface area contributed by atoms with Crippen LogP contribution >= 0.6 is 11.3 Å². The second kappa shape index (κ2) is 4.85. The van der Waals surface area contributed by atoms with Crippen molar-refractivity contribution >= 4 is 23.0 Å². The second-order valence-electron chi connectivity index (χ2n) is 6.03. The van der Waals surface area contributed by atoms with Gasteiger partial charge in [0.25, 0.3) is 0 Å². The van der Waals surface area contributed by atoms with Gasteiger partial charge in [0.2, 0.25) is 0 Å². The van der Waals surface area contributed by atoms with Gasteiger partial charge in [-0.25, -0.2) is 0 Å². The van der Waals surface area contributed by atoms with Gasteiger partial charge in [0.05, 0.1) is 0 Å². The Labute approximate surface area is 130 Å². The van der Waals surface area contributed by atoms with Crippen LogP contribution in [-0.4, -0.2) is 0 Å².